The van der Waals surface area contributed by atoms with Gasteiger partial charge >= 0.3 is 0 Å². The van der Waals surface area contributed by atoms with E-state index in [-0.39, 0.29) is 11.9 Å². The molecule has 1 saturated heterocycles. The van der Waals surface area contributed by atoms with Crippen LogP contribution in [-0.4, -0.2) is 37.8 Å². The summed E-state index contributed by atoms with van der Waals surface area (Å²) >= 11 is 0. The lowest BCUT2D eigenvalue weighted by molar-refractivity contribution is -0.108. The molecule has 0 spiro atoms. The predicted molar refractivity (Wildman–Crippen MR) is 112 cm³/mol. The molecule has 2 aliphatic rings. The van der Waals surface area contributed by atoms with Crippen molar-refractivity contribution in [2.75, 3.05) is 19.8 Å². The minimum atomic E-state index is -0.560. The second-order valence-corrected chi connectivity index (χ2v) is 7.47. The maximum absolute atomic E-state index is 12.7. The molecule has 0 saturated carbocycles. The number of allylic oxidation sites excluding steroid dienone is 2. The van der Waals surface area contributed by atoms with Crippen LogP contribution < -0.4 is 0 Å². The normalized spacial score (nSPS) is 24.1. The second kappa shape index (κ2) is 9.79. The van der Waals surface area contributed by atoms with Crippen LogP contribution in [0, 0.1) is 5.92 Å². The molecular weight excluding hydrogens is 364 g/mol. The van der Waals surface area contributed by atoms with Gasteiger partial charge in [-0.2, -0.15) is 0 Å². The maximum atomic E-state index is 12.7. The summed E-state index contributed by atoms with van der Waals surface area (Å²) in [6.45, 7) is 2.05. The van der Waals surface area contributed by atoms with Crippen molar-refractivity contribution in [2.24, 2.45) is 5.92 Å². The lowest BCUT2D eigenvalue weighted by Gasteiger charge is -2.32. The van der Waals surface area contributed by atoms with E-state index >= 15 is 0 Å². The lowest BCUT2D eigenvalue weighted by atomic mass is 9.91. The number of carbonyl (C=O) groups is 1. The van der Waals surface area contributed by atoms with Crippen LogP contribution in [-0.2, 0) is 20.8 Å². The Morgan fingerprint density at radius 2 is 1.76 bits per heavy atom. The molecule has 2 aromatic carbocycles. The SMILES string of the molecule is O=C(c1ccccc1)C1COCC(C2=CC=CC(COCc3ccccc3)C2)O1. The van der Waals surface area contributed by atoms with Crippen LogP contribution in [0.5, 0.6) is 0 Å². The average molecular weight is 390 g/mol. The van der Waals surface area contributed by atoms with Gasteiger partial charge in [0.1, 0.15) is 12.2 Å². The molecule has 4 rings (SSSR count). The Morgan fingerprint density at radius 3 is 2.55 bits per heavy atom. The third kappa shape index (κ3) is 5.30. The first kappa shape index (κ1) is 19.8. The first-order valence-electron chi connectivity index (χ1n) is 10.1. The highest BCUT2D eigenvalue weighted by Gasteiger charge is 2.32. The fourth-order valence-electron chi connectivity index (χ4n) is 3.71. The maximum Gasteiger partial charge on any atom is 0.193 e. The topological polar surface area (TPSA) is 44.8 Å². The molecule has 0 bridgehead atoms. The zero-order valence-corrected chi connectivity index (χ0v) is 16.4. The number of benzene rings is 2. The molecule has 29 heavy (non-hydrogen) atoms. The minimum absolute atomic E-state index is 0.0232. The van der Waals surface area contributed by atoms with Crippen LogP contribution in [0.1, 0.15) is 22.3 Å². The summed E-state index contributed by atoms with van der Waals surface area (Å²) in [5, 5.41) is 0. The number of rotatable bonds is 7. The standard InChI is InChI=1S/C25H26O4/c26-25(21-11-5-2-6-12-21)24-18-28-17-23(29-24)22-13-7-10-20(14-22)16-27-15-19-8-3-1-4-9-19/h1-13,20,23-24H,14-18H2. The predicted octanol–water partition coefficient (Wildman–Crippen LogP) is 4.37. The highest BCUT2D eigenvalue weighted by atomic mass is 16.6. The van der Waals surface area contributed by atoms with E-state index in [2.05, 4.69) is 30.4 Å². The first-order chi connectivity index (χ1) is 14.3. The van der Waals surface area contributed by atoms with Crippen molar-refractivity contribution >= 4 is 5.78 Å². The van der Waals surface area contributed by atoms with E-state index in [9.17, 15) is 4.79 Å². The Labute approximate surface area is 171 Å². The monoisotopic (exact) mass is 390 g/mol. The third-order valence-electron chi connectivity index (χ3n) is 5.27. The van der Waals surface area contributed by atoms with Crippen LogP contribution in [0.25, 0.3) is 0 Å². The molecular formula is C25H26O4. The van der Waals surface area contributed by atoms with Crippen molar-refractivity contribution in [2.45, 2.75) is 25.2 Å². The summed E-state index contributed by atoms with van der Waals surface area (Å²) in [4.78, 5) is 12.7. The van der Waals surface area contributed by atoms with Crippen molar-refractivity contribution < 1.29 is 19.0 Å². The lowest BCUT2D eigenvalue weighted by Crippen LogP contribution is -2.42. The molecule has 0 radical (unpaired) electrons. The fraction of sp³-hybridized carbons (Fsp3) is 0.320. The van der Waals surface area contributed by atoms with Gasteiger partial charge in [-0.05, 0) is 17.6 Å². The fourth-order valence-corrected chi connectivity index (χ4v) is 3.71. The summed E-state index contributed by atoms with van der Waals surface area (Å²) in [7, 11) is 0. The van der Waals surface area contributed by atoms with Gasteiger partial charge in [-0.1, -0.05) is 78.9 Å². The largest absolute Gasteiger partial charge is 0.376 e. The number of ketones is 1. The molecule has 3 unspecified atom stereocenters. The van der Waals surface area contributed by atoms with Crippen LogP contribution in [0.3, 0.4) is 0 Å². The van der Waals surface area contributed by atoms with Gasteiger partial charge in [0, 0.05) is 11.5 Å². The van der Waals surface area contributed by atoms with E-state index in [1.807, 2.05) is 48.5 Å². The summed E-state index contributed by atoms with van der Waals surface area (Å²) in [5.74, 6) is 0.275. The molecule has 2 aromatic rings. The van der Waals surface area contributed by atoms with E-state index in [1.54, 1.807) is 0 Å². The Hall–Kier alpha value is -2.53. The van der Waals surface area contributed by atoms with Gasteiger partial charge in [-0.25, -0.2) is 0 Å². The quantitative estimate of drug-likeness (QED) is 0.659. The van der Waals surface area contributed by atoms with Crippen LogP contribution in [0.15, 0.2) is 84.5 Å². The van der Waals surface area contributed by atoms with Gasteiger partial charge in [-0.15, -0.1) is 0 Å². The van der Waals surface area contributed by atoms with Gasteiger partial charge in [0.05, 0.1) is 26.4 Å². The van der Waals surface area contributed by atoms with Crippen molar-refractivity contribution in [3.8, 4) is 0 Å². The molecule has 1 aliphatic carbocycles. The molecule has 0 N–H and O–H groups in total. The highest BCUT2D eigenvalue weighted by molar-refractivity contribution is 5.99. The summed E-state index contributed by atoms with van der Waals surface area (Å²) in [6, 6.07) is 19.4. The zero-order valence-electron chi connectivity index (χ0n) is 16.4. The van der Waals surface area contributed by atoms with Gasteiger partial charge in [0.25, 0.3) is 0 Å². The van der Waals surface area contributed by atoms with E-state index in [0.29, 0.717) is 37.9 Å². The molecule has 3 atom stereocenters. The van der Waals surface area contributed by atoms with Gasteiger partial charge < -0.3 is 14.2 Å². The van der Waals surface area contributed by atoms with Crippen molar-refractivity contribution in [3.05, 3.63) is 95.6 Å². The van der Waals surface area contributed by atoms with E-state index in [4.69, 9.17) is 14.2 Å². The molecule has 4 heteroatoms. The van der Waals surface area contributed by atoms with E-state index in [1.165, 1.54) is 5.56 Å². The molecule has 0 amide bonds. The summed E-state index contributed by atoms with van der Waals surface area (Å²) in [6.07, 6.45) is 6.41. The first-order valence-corrected chi connectivity index (χ1v) is 10.1. The summed E-state index contributed by atoms with van der Waals surface area (Å²) < 4.78 is 17.8. The van der Waals surface area contributed by atoms with Crippen molar-refractivity contribution in [3.63, 3.8) is 0 Å². The smallest absolute Gasteiger partial charge is 0.193 e. The van der Waals surface area contributed by atoms with Crippen LogP contribution in [0.4, 0.5) is 0 Å². The second-order valence-electron chi connectivity index (χ2n) is 7.47. The van der Waals surface area contributed by atoms with Crippen LogP contribution >= 0.6 is 0 Å². The minimum Gasteiger partial charge on any atom is -0.376 e. The molecule has 4 nitrogen and oxygen atoms in total. The molecule has 1 heterocycles. The molecule has 1 fully saturated rings. The number of carbonyl (C=O) groups excluding carboxylic acids is 1. The zero-order chi connectivity index (χ0) is 19.9. The van der Waals surface area contributed by atoms with Crippen molar-refractivity contribution in [1.29, 1.82) is 0 Å². The number of hydrogen-bond acceptors (Lipinski definition) is 4. The van der Waals surface area contributed by atoms with Crippen molar-refractivity contribution in [1.82, 2.24) is 0 Å². The Morgan fingerprint density at radius 1 is 1.00 bits per heavy atom. The number of Topliss-reactive ketones (excluding diaryl/α,β-unsaturated/α-hetero) is 1. The Kier molecular flexibility index (Phi) is 6.67. The Balaban J connectivity index is 1.30. The van der Waals surface area contributed by atoms with E-state index < -0.39 is 6.10 Å². The average Bonchev–Trinajstić information content (AvgIpc) is 2.80. The third-order valence-corrected chi connectivity index (χ3v) is 5.27. The van der Waals surface area contributed by atoms with Gasteiger partial charge in [-0.3, -0.25) is 4.79 Å². The number of hydrogen-bond donors (Lipinski definition) is 0. The van der Waals surface area contributed by atoms with Gasteiger partial charge in [0.2, 0.25) is 0 Å². The van der Waals surface area contributed by atoms with Gasteiger partial charge in [0.15, 0.2) is 5.78 Å². The number of ether oxygens (including phenoxy) is 3. The molecule has 1 aliphatic heterocycles. The van der Waals surface area contributed by atoms with E-state index in [0.717, 1.165) is 12.0 Å². The molecule has 150 valence electrons. The van der Waals surface area contributed by atoms with Crippen LogP contribution in [0.2, 0.25) is 0 Å². The summed E-state index contributed by atoms with van der Waals surface area (Å²) in [5.41, 5.74) is 2.99. The highest BCUT2D eigenvalue weighted by Crippen LogP contribution is 2.27. The molecule has 0 aromatic heterocycles. The Bertz CT molecular complexity index is 857.